The molecule has 20 heavy (non-hydrogen) atoms. The summed E-state index contributed by atoms with van der Waals surface area (Å²) in [6, 6.07) is 11.5. The SMILES string of the molecule is Cc1cccc(C)c1NC(=O)COc1cccc(F)c1. The van der Waals surface area contributed by atoms with Crippen LogP contribution in [0.15, 0.2) is 42.5 Å². The molecule has 0 aliphatic rings. The molecule has 0 fully saturated rings. The summed E-state index contributed by atoms with van der Waals surface area (Å²) in [6.07, 6.45) is 0. The van der Waals surface area contributed by atoms with Gasteiger partial charge in [0.2, 0.25) is 0 Å². The second kappa shape index (κ2) is 6.19. The lowest BCUT2D eigenvalue weighted by Gasteiger charge is -2.12. The molecule has 0 atom stereocenters. The highest BCUT2D eigenvalue weighted by atomic mass is 19.1. The van der Waals surface area contributed by atoms with E-state index < -0.39 is 5.82 Å². The molecular weight excluding hydrogens is 257 g/mol. The van der Waals surface area contributed by atoms with E-state index in [1.807, 2.05) is 32.0 Å². The third-order valence-corrected chi connectivity index (χ3v) is 2.91. The summed E-state index contributed by atoms with van der Waals surface area (Å²) in [5, 5.41) is 2.81. The lowest BCUT2D eigenvalue weighted by molar-refractivity contribution is -0.118. The number of carbonyl (C=O) groups excluding carboxylic acids is 1. The molecule has 2 rings (SSSR count). The van der Waals surface area contributed by atoms with Gasteiger partial charge in [0.05, 0.1) is 0 Å². The highest BCUT2D eigenvalue weighted by molar-refractivity contribution is 5.93. The van der Waals surface area contributed by atoms with Crippen molar-refractivity contribution in [3.05, 3.63) is 59.4 Å². The Balaban J connectivity index is 1.96. The lowest BCUT2D eigenvalue weighted by atomic mass is 10.1. The number of amides is 1. The van der Waals surface area contributed by atoms with Crippen molar-refractivity contribution in [2.45, 2.75) is 13.8 Å². The Labute approximate surface area is 117 Å². The number of nitrogens with one attached hydrogen (secondary N) is 1. The normalized spacial score (nSPS) is 10.2. The number of carbonyl (C=O) groups is 1. The third-order valence-electron chi connectivity index (χ3n) is 2.91. The first-order valence-electron chi connectivity index (χ1n) is 6.30. The van der Waals surface area contributed by atoms with Crippen LogP contribution in [0.5, 0.6) is 5.75 Å². The van der Waals surface area contributed by atoms with Gasteiger partial charge in [-0.15, -0.1) is 0 Å². The molecule has 0 heterocycles. The number of anilines is 1. The monoisotopic (exact) mass is 273 g/mol. The molecule has 104 valence electrons. The van der Waals surface area contributed by atoms with Crippen LogP contribution >= 0.6 is 0 Å². The molecule has 0 spiro atoms. The largest absolute Gasteiger partial charge is 0.484 e. The summed E-state index contributed by atoms with van der Waals surface area (Å²) in [7, 11) is 0. The molecule has 0 aliphatic heterocycles. The van der Waals surface area contributed by atoms with Gasteiger partial charge in [-0.25, -0.2) is 4.39 Å². The molecule has 4 heteroatoms. The van der Waals surface area contributed by atoms with Gasteiger partial charge in [0.1, 0.15) is 11.6 Å². The predicted molar refractivity (Wildman–Crippen MR) is 76.4 cm³/mol. The Hall–Kier alpha value is -2.36. The van der Waals surface area contributed by atoms with Crippen LogP contribution in [-0.2, 0) is 4.79 Å². The lowest BCUT2D eigenvalue weighted by Crippen LogP contribution is -2.21. The Kier molecular flexibility index (Phi) is 4.35. The van der Waals surface area contributed by atoms with E-state index in [-0.39, 0.29) is 12.5 Å². The van der Waals surface area contributed by atoms with Crippen LogP contribution in [0.1, 0.15) is 11.1 Å². The second-order valence-corrected chi connectivity index (χ2v) is 4.56. The Morgan fingerprint density at radius 3 is 2.45 bits per heavy atom. The molecule has 3 nitrogen and oxygen atoms in total. The van der Waals surface area contributed by atoms with Crippen molar-refractivity contribution in [3.8, 4) is 5.75 Å². The molecule has 0 saturated carbocycles. The Bertz CT molecular complexity index is 605. The van der Waals surface area contributed by atoms with Crippen LogP contribution in [0.25, 0.3) is 0 Å². The van der Waals surface area contributed by atoms with Gasteiger partial charge in [-0.2, -0.15) is 0 Å². The first kappa shape index (κ1) is 14.1. The van der Waals surface area contributed by atoms with E-state index in [9.17, 15) is 9.18 Å². The number of hydrogen-bond acceptors (Lipinski definition) is 2. The quantitative estimate of drug-likeness (QED) is 0.926. The van der Waals surface area contributed by atoms with Gasteiger partial charge in [0.25, 0.3) is 5.91 Å². The van der Waals surface area contributed by atoms with E-state index >= 15 is 0 Å². The van der Waals surface area contributed by atoms with E-state index in [0.717, 1.165) is 16.8 Å². The van der Waals surface area contributed by atoms with Crippen molar-refractivity contribution in [2.24, 2.45) is 0 Å². The van der Waals surface area contributed by atoms with Gasteiger partial charge in [-0.1, -0.05) is 24.3 Å². The zero-order valence-corrected chi connectivity index (χ0v) is 11.4. The molecular formula is C16H16FNO2. The maximum atomic E-state index is 13.0. The van der Waals surface area contributed by atoms with Crippen molar-refractivity contribution < 1.29 is 13.9 Å². The number of aryl methyl sites for hydroxylation is 2. The van der Waals surface area contributed by atoms with Gasteiger partial charge in [0.15, 0.2) is 6.61 Å². The van der Waals surface area contributed by atoms with Crippen molar-refractivity contribution in [1.82, 2.24) is 0 Å². The van der Waals surface area contributed by atoms with Crippen LogP contribution in [-0.4, -0.2) is 12.5 Å². The van der Waals surface area contributed by atoms with E-state index in [0.29, 0.717) is 5.75 Å². The van der Waals surface area contributed by atoms with Crippen molar-refractivity contribution in [2.75, 3.05) is 11.9 Å². The average Bonchev–Trinajstić information content (AvgIpc) is 2.41. The number of ether oxygens (including phenoxy) is 1. The zero-order valence-electron chi connectivity index (χ0n) is 11.4. The topological polar surface area (TPSA) is 38.3 Å². The van der Waals surface area contributed by atoms with Gasteiger partial charge in [-0.05, 0) is 37.1 Å². The fourth-order valence-corrected chi connectivity index (χ4v) is 1.89. The second-order valence-electron chi connectivity index (χ2n) is 4.56. The van der Waals surface area contributed by atoms with Crippen LogP contribution in [0.4, 0.5) is 10.1 Å². The molecule has 0 unspecified atom stereocenters. The first-order chi connectivity index (χ1) is 9.56. The van der Waals surface area contributed by atoms with Gasteiger partial charge in [0, 0.05) is 11.8 Å². The first-order valence-corrected chi connectivity index (χ1v) is 6.30. The third kappa shape index (κ3) is 3.57. The molecule has 0 aliphatic carbocycles. The molecule has 1 N–H and O–H groups in total. The zero-order chi connectivity index (χ0) is 14.5. The van der Waals surface area contributed by atoms with Crippen LogP contribution in [0.2, 0.25) is 0 Å². The molecule has 2 aromatic rings. The van der Waals surface area contributed by atoms with Gasteiger partial charge in [-0.3, -0.25) is 4.79 Å². The summed E-state index contributed by atoms with van der Waals surface area (Å²) < 4.78 is 18.2. The fourth-order valence-electron chi connectivity index (χ4n) is 1.89. The van der Waals surface area contributed by atoms with Gasteiger partial charge < -0.3 is 10.1 Å². The minimum absolute atomic E-state index is 0.156. The summed E-state index contributed by atoms with van der Waals surface area (Å²) in [5.74, 6) is -0.328. The summed E-state index contributed by atoms with van der Waals surface area (Å²) in [6.45, 7) is 3.70. The Morgan fingerprint density at radius 2 is 1.80 bits per heavy atom. The highest BCUT2D eigenvalue weighted by Gasteiger charge is 2.08. The van der Waals surface area contributed by atoms with Gasteiger partial charge >= 0.3 is 0 Å². The number of rotatable bonds is 4. The maximum absolute atomic E-state index is 13.0. The minimum atomic E-state index is -0.391. The Morgan fingerprint density at radius 1 is 1.15 bits per heavy atom. The van der Waals surface area contributed by atoms with Crippen LogP contribution in [0.3, 0.4) is 0 Å². The fraction of sp³-hybridized carbons (Fsp3) is 0.188. The summed E-state index contributed by atoms with van der Waals surface area (Å²) >= 11 is 0. The molecule has 2 aromatic carbocycles. The van der Waals surface area contributed by atoms with Crippen molar-refractivity contribution in [3.63, 3.8) is 0 Å². The minimum Gasteiger partial charge on any atom is -0.484 e. The van der Waals surface area contributed by atoms with Crippen molar-refractivity contribution in [1.29, 1.82) is 0 Å². The standard InChI is InChI=1S/C16H16FNO2/c1-11-5-3-6-12(2)16(11)18-15(19)10-20-14-8-4-7-13(17)9-14/h3-9H,10H2,1-2H3,(H,18,19). The average molecular weight is 273 g/mol. The molecule has 0 aromatic heterocycles. The smallest absolute Gasteiger partial charge is 0.262 e. The molecule has 0 bridgehead atoms. The maximum Gasteiger partial charge on any atom is 0.262 e. The number of hydrogen-bond donors (Lipinski definition) is 1. The van der Waals surface area contributed by atoms with E-state index in [1.54, 1.807) is 6.07 Å². The van der Waals surface area contributed by atoms with Crippen LogP contribution < -0.4 is 10.1 Å². The highest BCUT2D eigenvalue weighted by Crippen LogP contribution is 2.19. The summed E-state index contributed by atoms with van der Waals surface area (Å²) in [4.78, 5) is 11.8. The van der Waals surface area contributed by atoms with Crippen molar-refractivity contribution >= 4 is 11.6 Å². The molecule has 0 radical (unpaired) electrons. The van der Waals surface area contributed by atoms with E-state index in [4.69, 9.17) is 4.74 Å². The number of benzene rings is 2. The summed E-state index contributed by atoms with van der Waals surface area (Å²) in [5.41, 5.74) is 2.77. The predicted octanol–water partition coefficient (Wildman–Crippen LogP) is 3.46. The number of para-hydroxylation sites is 1. The molecule has 0 saturated heterocycles. The molecule has 1 amide bonds. The van der Waals surface area contributed by atoms with E-state index in [1.165, 1.54) is 18.2 Å². The van der Waals surface area contributed by atoms with E-state index in [2.05, 4.69) is 5.32 Å². The number of halogens is 1. The van der Waals surface area contributed by atoms with Crippen LogP contribution in [0, 0.1) is 19.7 Å².